The maximum atomic E-state index is 9.22. The number of anilines is 2. The summed E-state index contributed by atoms with van der Waals surface area (Å²) in [6.45, 7) is 3.75. The molecule has 4 heteroatoms. The van der Waals surface area contributed by atoms with Crippen molar-refractivity contribution in [1.82, 2.24) is 0 Å². The van der Waals surface area contributed by atoms with Gasteiger partial charge in [0.15, 0.2) is 0 Å². The third-order valence-corrected chi connectivity index (χ3v) is 4.21. The molecule has 21 heavy (non-hydrogen) atoms. The molecule has 106 valence electrons. The first-order valence-corrected chi connectivity index (χ1v) is 7.80. The fourth-order valence-corrected chi connectivity index (χ4v) is 3.42. The predicted molar refractivity (Wildman–Crippen MR) is 94.9 cm³/mol. The molecule has 2 nitrogen and oxygen atoms in total. The molecule has 0 fully saturated rings. The van der Waals surface area contributed by atoms with Gasteiger partial charge in [0.05, 0.1) is 6.07 Å². The SMILES string of the molecule is CC(C)(C#N)SC(=S)N(c1ccccc1)c1ccccc1. The topological polar surface area (TPSA) is 27.0 Å². The van der Waals surface area contributed by atoms with Crippen molar-refractivity contribution in [1.29, 1.82) is 5.26 Å². The van der Waals surface area contributed by atoms with E-state index in [1.165, 1.54) is 11.8 Å². The molecule has 2 rings (SSSR count). The van der Waals surface area contributed by atoms with Crippen LogP contribution in [0.2, 0.25) is 0 Å². The van der Waals surface area contributed by atoms with Gasteiger partial charge < -0.3 is 0 Å². The minimum absolute atomic E-state index is 0.557. The number of rotatable bonds is 3. The molecular formula is C17H16N2S2. The standard InChI is InChI=1S/C17H16N2S2/c1-17(2,13-18)21-16(20)19(14-9-5-3-6-10-14)15-11-7-4-8-12-15/h3-12H,1-2H3. The number of nitriles is 1. The lowest BCUT2D eigenvalue weighted by Gasteiger charge is -2.27. The molecule has 0 aliphatic carbocycles. The zero-order valence-electron chi connectivity index (χ0n) is 12.0. The average molecular weight is 312 g/mol. The Balaban J connectivity index is 2.39. The average Bonchev–Trinajstić information content (AvgIpc) is 2.49. The van der Waals surface area contributed by atoms with Crippen molar-refractivity contribution in [3.05, 3.63) is 60.7 Å². The number of thiocarbonyl (C=S) groups is 1. The highest BCUT2D eigenvalue weighted by atomic mass is 32.2. The molecule has 0 aliphatic rings. The Morgan fingerprint density at radius 3 is 1.81 bits per heavy atom. The van der Waals surface area contributed by atoms with Gasteiger partial charge in [-0.1, -0.05) is 60.4 Å². The highest BCUT2D eigenvalue weighted by Crippen LogP contribution is 2.34. The highest BCUT2D eigenvalue weighted by Gasteiger charge is 2.24. The first kappa shape index (κ1) is 15.6. The summed E-state index contributed by atoms with van der Waals surface area (Å²) in [4.78, 5) is 2.00. The number of benzene rings is 2. The van der Waals surface area contributed by atoms with Gasteiger partial charge in [0.1, 0.15) is 9.07 Å². The van der Waals surface area contributed by atoms with E-state index in [4.69, 9.17) is 12.2 Å². The summed E-state index contributed by atoms with van der Waals surface area (Å²) < 4.78 is 0.109. The summed E-state index contributed by atoms with van der Waals surface area (Å²) in [5.74, 6) is 0. The first-order valence-electron chi connectivity index (χ1n) is 6.58. The monoisotopic (exact) mass is 312 g/mol. The molecule has 2 aromatic rings. The second-order valence-electron chi connectivity index (χ2n) is 5.00. The van der Waals surface area contributed by atoms with Crippen LogP contribution in [-0.2, 0) is 0 Å². The molecule has 0 radical (unpaired) electrons. The Morgan fingerprint density at radius 2 is 1.43 bits per heavy atom. The molecule has 0 unspecified atom stereocenters. The third-order valence-electron chi connectivity index (χ3n) is 2.82. The van der Waals surface area contributed by atoms with Gasteiger partial charge in [-0.3, -0.25) is 4.90 Å². The van der Waals surface area contributed by atoms with Gasteiger partial charge in [-0.05, 0) is 38.1 Å². The van der Waals surface area contributed by atoms with Gasteiger partial charge in [0.2, 0.25) is 0 Å². The van der Waals surface area contributed by atoms with Crippen molar-refractivity contribution in [3.8, 4) is 6.07 Å². The van der Waals surface area contributed by atoms with E-state index in [1.807, 2.05) is 79.4 Å². The Labute approximate surface area is 135 Å². The lowest BCUT2D eigenvalue weighted by atomic mass is 10.2. The van der Waals surface area contributed by atoms with Gasteiger partial charge in [-0.2, -0.15) is 5.26 Å². The molecule has 0 bridgehead atoms. The van der Waals surface area contributed by atoms with Crippen molar-refractivity contribution >= 4 is 39.7 Å². The summed E-state index contributed by atoms with van der Waals surface area (Å²) in [5, 5.41) is 9.22. The minimum Gasteiger partial charge on any atom is -0.296 e. The number of thioether (sulfide) groups is 1. The number of hydrogen-bond donors (Lipinski definition) is 0. The van der Waals surface area contributed by atoms with Gasteiger partial charge in [0, 0.05) is 11.4 Å². The Hall–Kier alpha value is -1.83. The van der Waals surface area contributed by atoms with E-state index in [2.05, 4.69) is 6.07 Å². The quantitative estimate of drug-likeness (QED) is 0.733. The maximum absolute atomic E-state index is 9.22. The fraction of sp³-hybridized carbons (Fsp3) is 0.176. The normalized spacial score (nSPS) is 10.7. The molecule has 2 aromatic carbocycles. The molecule has 0 atom stereocenters. The van der Waals surface area contributed by atoms with E-state index in [1.54, 1.807) is 0 Å². The summed E-state index contributed by atoms with van der Waals surface area (Å²) in [6, 6.07) is 22.2. The largest absolute Gasteiger partial charge is 0.296 e. The second-order valence-corrected chi connectivity index (χ2v) is 7.25. The van der Waals surface area contributed by atoms with Crippen LogP contribution in [0.5, 0.6) is 0 Å². The van der Waals surface area contributed by atoms with E-state index >= 15 is 0 Å². The summed E-state index contributed by atoms with van der Waals surface area (Å²) in [7, 11) is 0. The molecular weight excluding hydrogens is 296 g/mol. The van der Waals surface area contributed by atoms with Crippen molar-refractivity contribution in [3.63, 3.8) is 0 Å². The summed E-state index contributed by atoms with van der Waals surface area (Å²) >= 11 is 6.99. The van der Waals surface area contributed by atoms with Crippen molar-refractivity contribution in [2.45, 2.75) is 18.6 Å². The summed E-state index contributed by atoms with van der Waals surface area (Å²) in [5.41, 5.74) is 1.99. The molecule has 0 aromatic heterocycles. The molecule has 0 amide bonds. The Morgan fingerprint density at radius 1 is 1.00 bits per heavy atom. The van der Waals surface area contributed by atoms with E-state index in [0.717, 1.165) is 11.4 Å². The lowest BCUT2D eigenvalue weighted by molar-refractivity contribution is 0.920. The van der Waals surface area contributed by atoms with Gasteiger partial charge in [-0.25, -0.2) is 0 Å². The van der Waals surface area contributed by atoms with Crippen molar-refractivity contribution < 1.29 is 0 Å². The number of nitrogens with zero attached hydrogens (tertiary/aromatic N) is 2. The van der Waals surface area contributed by atoms with Crippen LogP contribution in [-0.4, -0.2) is 9.07 Å². The molecule has 0 saturated carbocycles. The molecule has 0 saturated heterocycles. The number of hydrogen-bond acceptors (Lipinski definition) is 3. The molecule has 0 aliphatic heterocycles. The van der Waals surface area contributed by atoms with Gasteiger partial charge in [-0.15, -0.1) is 0 Å². The predicted octanol–water partition coefficient (Wildman–Crippen LogP) is 5.14. The van der Waals surface area contributed by atoms with Crippen LogP contribution in [0.1, 0.15) is 13.8 Å². The van der Waals surface area contributed by atoms with E-state index in [9.17, 15) is 5.26 Å². The third kappa shape index (κ3) is 4.07. The molecule has 0 N–H and O–H groups in total. The number of para-hydroxylation sites is 2. The van der Waals surface area contributed by atoms with E-state index in [-0.39, 0.29) is 0 Å². The van der Waals surface area contributed by atoms with Crippen LogP contribution in [0, 0.1) is 11.3 Å². The van der Waals surface area contributed by atoms with Crippen LogP contribution in [0.25, 0.3) is 0 Å². The summed E-state index contributed by atoms with van der Waals surface area (Å²) in [6.07, 6.45) is 0. The highest BCUT2D eigenvalue weighted by molar-refractivity contribution is 8.24. The lowest BCUT2D eigenvalue weighted by Crippen LogP contribution is -2.26. The van der Waals surface area contributed by atoms with Crippen molar-refractivity contribution in [2.24, 2.45) is 0 Å². The first-order chi connectivity index (χ1) is 10.0. The van der Waals surface area contributed by atoms with Crippen molar-refractivity contribution in [2.75, 3.05) is 4.90 Å². The zero-order valence-corrected chi connectivity index (χ0v) is 13.6. The second kappa shape index (κ2) is 6.75. The molecule has 0 spiro atoms. The van der Waals surface area contributed by atoms with Crippen LogP contribution in [0.3, 0.4) is 0 Å². The Bertz CT molecular complexity index is 606. The maximum Gasteiger partial charge on any atom is 0.146 e. The minimum atomic E-state index is -0.557. The van der Waals surface area contributed by atoms with Crippen LogP contribution >= 0.6 is 24.0 Å². The van der Waals surface area contributed by atoms with Gasteiger partial charge in [0.25, 0.3) is 0 Å². The zero-order chi connectivity index (χ0) is 15.3. The van der Waals surface area contributed by atoms with E-state index in [0.29, 0.717) is 4.32 Å². The fourth-order valence-electron chi connectivity index (χ4n) is 1.80. The van der Waals surface area contributed by atoms with Crippen LogP contribution in [0.15, 0.2) is 60.7 Å². The van der Waals surface area contributed by atoms with Crippen LogP contribution < -0.4 is 4.90 Å². The van der Waals surface area contributed by atoms with E-state index < -0.39 is 4.75 Å². The van der Waals surface area contributed by atoms with Crippen LogP contribution in [0.4, 0.5) is 11.4 Å². The Kier molecular flexibility index (Phi) is 5.00. The smallest absolute Gasteiger partial charge is 0.146 e. The molecule has 0 heterocycles. The van der Waals surface area contributed by atoms with Gasteiger partial charge >= 0.3 is 0 Å².